The molecule has 0 aliphatic carbocycles. The Morgan fingerprint density at radius 2 is 2.12 bits per heavy atom. The van der Waals surface area contributed by atoms with Gasteiger partial charge in [-0.05, 0) is 19.1 Å². The normalized spacial score (nSPS) is 10.3. The number of hydrogen-bond donors (Lipinski definition) is 0. The number of carbonyl (C=O) groups is 1. The maximum Gasteiger partial charge on any atom is 0.160 e. The first-order chi connectivity index (χ1) is 8.08. The fraction of sp³-hybridized carbons (Fsp3) is 0.0769. The molecule has 2 aromatic rings. The van der Waals surface area contributed by atoms with Crippen LogP contribution in [0.4, 0.5) is 8.78 Å². The number of Topliss-reactive ketones (excluding diaryl/α,β-unsaturated/α-hetero) is 1. The van der Waals surface area contributed by atoms with Gasteiger partial charge in [-0.3, -0.25) is 9.78 Å². The van der Waals surface area contributed by atoms with Crippen molar-refractivity contribution in [2.75, 3.05) is 0 Å². The number of pyridine rings is 1. The molecule has 1 radical (unpaired) electrons. The van der Waals surface area contributed by atoms with Crippen molar-refractivity contribution in [1.82, 2.24) is 4.98 Å². The Kier molecular flexibility index (Phi) is 2.95. The highest BCUT2D eigenvalue weighted by atomic mass is 19.1. The molecule has 4 heteroatoms. The topological polar surface area (TPSA) is 30.0 Å². The van der Waals surface area contributed by atoms with E-state index in [4.69, 9.17) is 0 Å². The van der Waals surface area contributed by atoms with Gasteiger partial charge < -0.3 is 0 Å². The van der Waals surface area contributed by atoms with Crippen molar-refractivity contribution in [2.45, 2.75) is 6.92 Å². The van der Waals surface area contributed by atoms with E-state index in [1.807, 2.05) is 0 Å². The summed E-state index contributed by atoms with van der Waals surface area (Å²) in [4.78, 5) is 14.8. The number of ketones is 1. The van der Waals surface area contributed by atoms with Crippen LogP contribution in [0.15, 0.2) is 30.5 Å². The summed E-state index contributed by atoms with van der Waals surface area (Å²) < 4.78 is 26.2. The zero-order chi connectivity index (χ0) is 12.4. The monoisotopic (exact) mass is 232 g/mol. The summed E-state index contributed by atoms with van der Waals surface area (Å²) in [6, 6.07) is 8.04. The van der Waals surface area contributed by atoms with E-state index >= 15 is 0 Å². The molecule has 0 atom stereocenters. The number of halogens is 2. The molecule has 0 fully saturated rings. The summed E-state index contributed by atoms with van der Waals surface area (Å²) in [5.41, 5.74) is 0.780. The summed E-state index contributed by atoms with van der Waals surface area (Å²) in [5, 5.41) is 0. The van der Waals surface area contributed by atoms with Crippen LogP contribution in [0.25, 0.3) is 11.3 Å². The number of benzene rings is 1. The molecule has 0 saturated heterocycles. The first-order valence-electron chi connectivity index (χ1n) is 4.92. The van der Waals surface area contributed by atoms with Gasteiger partial charge in [-0.15, -0.1) is 0 Å². The molecule has 1 aromatic carbocycles. The van der Waals surface area contributed by atoms with Gasteiger partial charge in [0.25, 0.3) is 0 Å². The average Bonchev–Trinajstić information content (AvgIpc) is 2.29. The van der Waals surface area contributed by atoms with Crippen molar-refractivity contribution in [3.05, 3.63) is 53.7 Å². The molecule has 0 amide bonds. The van der Waals surface area contributed by atoms with Gasteiger partial charge in [-0.1, -0.05) is 12.1 Å². The summed E-state index contributed by atoms with van der Waals surface area (Å²) in [5.74, 6) is -1.67. The predicted octanol–water partition coefficient (Wildman–Crippen LogP) is 3.03. The summed E-state index contributed by atoms with van der Waals surface area (Å²) in [6.07, 6.45) is 0.933. The van der Waals surface area contributed by atoms with E-state index < -0.39 is 11.6 Å². The van der Waals surface area contributed by atoms with Crippen LogP contribution in [0.5, 0.6) is 0 Å². The number of hydrogen-bond acceptors (Lipinski definition) is 2. The fourth-order valence-electron chi connectivity index (χ4n) is 1.44. The van der Waals surface area contributed by atoms with Crippen LogP contribution in [0.2, 0.25) is 0 Å². The summed E-state index contributed by atoms with van der Waals surface area (Å²) in [7, 11) is 0. The molecule has 2 rings (SSSR count). The van der Waals surface area contributed by atoms with Crippen molar-refractivity contribution in [3.63, 3.8) is 0 Å². The Morgan fingerprint density at radius 3 is 2.76 bits per heavy atom. The second-order valence-corrected chi connectivity index (χ2v) is 3.53. The van der Waals surface area contributed by atoms with E-state index in [2.05, 4.69) is 11.1 Å². The minimum absolute atomic E-state index is 0.0166. The highest BCUT2D eigenvalue weighted by molar-refractivity contribution is 5.94. The predicted molar refractivity (Wildman–Crippen MR) is 58.4 cm³/mol. The second-order valence-electron chi connectivity index (χ2n) is 3.53. The Hall–Kier alpha value is -2.10. The molecule has 0 N–H and O–H groups in total. The van der Waals surface area contributed by atoms with Crippen LogP contribution < -0.4 is 0 Å². The lowest BCUT2D eigenvalue weighted by molar-refractivity contribution is 0.101. The molecule has 17 heavy (non-hydrogen) atoms. The highest BCUT2D eigenvalue weighted by Gasteiger charge is 2.09. The molecular weight excluding hydrogens is 224 g/mol. The van der Waals surface area contributed by atoms with Crippen LogP contribution >= 0.6 is 0 Å². The van der Waals surface area contributed by atoms with Crippen molar-refractivity contribution in [3.8, 4) is 11.3 Å². The average molecular weight is 232 g/mol. The third kappa shape index (κ3) is 2.36. The van der Waals surface area contributed by atoms with Gasteiger partial charge in [0.2, 0.25) is 0 Å². The number of rotatable bonds is 2. The molecule has 0 bridgehead atoms. The van der Waals surface area contributed by atoms with Gasteiger partial charge in [0.15, 0.2) is 11.6 Å². The van der Waals surface area contributed by atoms with Crippen molar-refractivity contribution in [1.29, 1.82) is 0 Å². The van der Waals surface area contributed by atoms with Crippen LogP contribution in [-0.2, 0) is 0 Å². The Bertz CT molecular complexity index is 581. The van der Waals surface area contributed by atoms with Crippen molar-refractivity contribution < 1.29 is 13.6 Å². The van der Waals surface area contributed by atoms with Gasteiger partial charge in [0.05, 0.1) is 6.20 Å². The van der Waals surface area contributed by atoms with Gasteiger partial charge in [-0.2, -0.15) is 0 Å². The minimum atomic E-state index is -0.759. The van der Waals surface area contributed by atoms with Gasteiger partial charge >= 0.3 is 0 Å². The quantitative estimate of drug-likeness (QED) is 0.745. The molecule has 0 aliphatic rings. The SMILES string of the molecule is CC(=O)c1[c]ccc(-c2ncc(F)cc2F)c1. The van der Waals surface area contributed by atoms with Crippen LogP contribution in [-0.4, -0.2) is 10.8 Å². The van der Waals surface area contributed by atoms with Crippen LogP contribution in [0.3, 0.4) is 0 Å². The van der Waals surface area contributed by atoms with Crippen molar-refractivity contribution >= 4 is 5.78 Å². The Morgan fingerprint density at radius 1 is 1.35 bits per heavy atom. The molecule has 2 nitrogen and oxygen atoms in total. The molecule has 0 unspecified atom stereocenters. The third-order valence-corrected chi connectivity index (χ3v) is 2.26. The van der Waals surface area contributed by atoms with E-state index in [-0.39, 0.29) is 11.5 Å². The summed E-state index contributed by atoms with van der Waals surface area (Å²) >= 11 is 0. The molecule has 1 heterocycles. The first-order valence-corrected chi connectivity index (χ1v) is 4.92. The molecule has 0 saturated carbocycles. The fourth-order valence-corrected chi connectivity index (χ4v) is 1.44. The maximum atomic E-state index is 13.5. The van der Waals surface area contributed by atoms with E-state index in [9.17, 15) is 13.6 Å². The molecular formula is C13H8F2NO. The van der Waals surface area contributed by atoms with Crippen LogP contribution in [0.1, 0.15) is 17.3 Å². The Balaban J connectivity index is 2.53. The number of aromatic nitrogens is 1. The van der Waals surface area contributed by atoms with E-state index in [0.29, 0.717) is 11.1 Å². The number of nitrogens with zero attached hydrogens (tertiary/aromatic N) is 1. The van der Waals surface area contributed by atoms with Gasteiger partial charge in [-0.25, -0.2) is 8.78 Å². The Labute approximate surface area is 96.9 Å². The zero-order valence-corrected chi connectivity index (χ0v) is 9.00. The third-order valence-electron chi connectivity index (χ3n) is 2.26. The lowest BCUT2D eigenvalue weighted by Crippen LogP contribution is -1.95. The highest BCUT2D eigenvalue weighted by Crippen LogP contribution is 2.21. The minimum Gasteiger partial charge on any atom is -0.294 e. The largest absolute Gasteiger partial charge is 0.294 e. The number of carbonyl (C=O) groups excluding carboxylic acids is 1. The zero-order valence-electron chi connectivity index (χ0n) is 9.00. The molecule has 1 aromatic heterocycles. The van der Waals surface area contributed by atoms with Gasteiger partial charge in [0, 0.05) is 17.2 Å². The van der Waals surface area contributed by atoms with E-state index in [1.165, 1.54) is 19.1 Å². The second kappa shape index (κ2) is 4.41. The van der Waals surface area contributed by atoms with E-state index in [0.717, 1.165) is 12.3 Å². The smallest absolute Gasteiger partial charge is 0.160 e. The summed E-state index contributed by atoms with van der Waals surface area (Å²) in [6.45, 7) is 1.39. The van der Waals surface area contributed by atoms with E-state index in [1.54, 1.807) is 6.07 Å². The lowest BCUT2D eigenvalue weighted by Gasteiger charge is -2.03. The first kappa shape index (κ1) is 11.4. The molecule has 0 aliphatic heterocycles. The maximum absolute atomic E-state index is 13.5. The molecule has 0 spiro atoms. The standard InChI is InChI=1S/C13H8F2NO/c1-8(17)9-3-2-4-10(5-9)13-12(15)6-11(14)7-16-13/h2,4-7H,1H3. The van der Waals surface area contributed by atoms with Gasteiger partial charge in [0.1, 0.15) is 11.5 Å². The molecule has 85 valence electrons. The lowest BCUT2D eigenvalue weighted by atomic mass is 10.1. The van der Waals surface area contributed by atoms with Crippen molar-refractivity contribution in [2.24, 2.45) is 0 Å². The van der Waals surface area contributed by atoms with Crippen LogP contribution in [0, 0.1) is 17.7 Å².